The van der Waals surface area contributed by atoms with Crippen molar-refractivity contribution in [2.45, 2.75) is 65.3 Å². The molecule has 3 nitrogen and oxygen atoms in total. The Labute approximate surface area is 99.9 Å². The van der Waals surface area contributed by atoms with Crippen LogP contribution in [0, 0.1) is 0 Å². The van der Waals surface area contributed by atoms with Gasteiger partial charge in [-0.3, -0.25) is 4.79 Å². The van der Waals surface area contributed by atoms with E-state index in [0.717, 1.165) is 38.6 Å². The van der Waals surface area contributed by atoms with E-state index in [2.05, 4.69) is 26.1 Å². The van der Waals surface area contributed by atoms with Gasteiger partial charge >= 0.3 is 5.97 Å². The summed E-state index contributed by atoms with van der Waals surface area (Å²) in [6, 6.07) is 0. The summed E-state index contributed by atoms with van der Waals surface area (Å²) < 4.78 is 5.21. The fraction of sp³-hybridized carbons (Fsp3) is 0.923. The summed E-state index contributed by atoms with van der Waals surface area (Å²) in [5.41, 5.74) is -0.449. The fourth-order valence-electron chi connectivity index (χ4n) is 2.07. The lowest BCUT2D eigenvalue weighted by molar-refractivity contribution is -0.152. The molecule has 0 fully saturated rings. The van der Waals surface area contributed by atoms with Crippen molar-refractivity contribution >= 4 is 5.97 Å². The predicted molar refractivity (Wildman–Crippen MR) is 67.5 cm³/mol. The molecule has 0 unspecified atom stereocenters. The Kier molecular flexibility index (Phi) is 8.26. The number of hydrogen-bond donors (Lipinski definition) is 1. The number of ether oxygens (including phenoxy) is 1. The SMILES string of the molecule is CCCNC(CCC)(CCC)C(=O)OCC. The van der Waals surface area contributed by atoms with Crippen LogP contribution in [0.1, 0.15) is 59.8 Å². The zero-order valence-electron chi connectivity index (χ0n) is 11.3. The van der Waals surface area contributed by atoms with Crippen LogP contribution in [-0.4, -0.2) is 24.7 Å². The van der Waals surface area contributed by atoms with Crippen molar-refractivity contribution in [1.82, 2.24) is 5.32 Å². The summed E-state index contributed by atoms with van der Waals surface area (Å²) >= 11 is 0. The van der Waals surface area contributed by atoms with E-state index in [0.29, 0.717) is 6.61 Å². The van der Waals surface area contributed by atoms with Crippen LogP contribution in [0.5, 0.6) is 0 Å². The van der Waals surface area contributed by atoms with Crippen molar-refractivity contribution in [3.05, 3.63) is 0 Å². The molecule has 0 saturated carbocycles. The highest BCUT2D eigenvalue weighted by Crippen LogP contribution is 2.21. The number of carbonyl (C=O) groups is 1. The second-order valence-corrected chi connectivity index (χ2v) is 4.23. The Morgan fingerprint density at radius 1 is 1.06 bits per heavy atom. The van der Waals surface area contributed by atoms with E-state index in [-0.39, 0.29) is 5.97 Å². The highest BCUT2D eigenvalue weighted by molar-refractivity contribution is 5.80. The van der Waals surface area contributed by atoms with E-state index in [9.17, 15) is 4.79 Å². The molecule has 1 N–H and O–H groups in total. The van der Waals surface area contributed by atoms with Gasteiger partial charge in [0.1, 0.15) is 5.54 Å². The van der Waals surface area contributed by atoms with Gasteiger partial charge in [-0.15, -0.1) is 0 Å². The van der Waals surface area contributed by atoms with Crippen LogP contribution in [0.15, 0.2) is 0 Å². The molecule has 0 amide bonds. The van der Waals surface area contributed by atoms with Gasteiger partial charge in [0, 0.05) is 0 Å². The quantitative estimate of drug-likeness (QED) is 0.618. The molecule has 96 valence electrons. The molecule has 0 aliphatic rings. The van der Waals surface area contributed by atoms with E-state index in [4.69, 9.17) is 4.74 Å². The number of rotatable bonds is 9. The zero-order chi connectivity index (χ0) is 12.4. The minimum absolute atomic E-state index is 0.0767. The van der Waals surface area contributed by atoms with Crippen LogP contribution >= 0.6 is 0 Å². The Bertz CT molecular complexity index is 186. The molecule has 0 atom stereocenters. The third kappa shape index (κ3) is 4.52. The lowest BCUT2D eigenvalue weighted by Crippen LogP contribution is -2.53. The Balaban J connectivity index is 4.68. The minimum atomic E-state index is -0.449. The summed E-state index contributed by atoms with van der Waals surface area (Å²) in [5.74, 6) is -0.0767. The second kappa shape index (κ2) is 8.57. The second-order valence-electron chi connectivity index (χ2n) is 4.23. The molecular formula is C13H27NO2. The van der Waals surface area contributed by atoms with Gasteiger partial charge in [-0.2, -0.15) is 0 Å². The van der Waals surface area contributed by atoms with Crippen molar-refractivity contribution in [3.8, 4) is 0 Å². The topological polar surface area (TPSA) is 38.3 Å². The molecule has 0 bridgehead atoms. The standard InChI is InChI=1S/C13H27NO2/c1-5-9-13(10-6-2,14-11-7-3)12(15)16-8-4/h14H,5-11H2,1-4H3. The van der Waals surface area contributed by atoms with Gasteiger partial charge in [0.2, 0.25) is 0 Å². The number of carbonyl (C=O) groups excluding carboxylic acids is 1. The molecule has 0 spiro atoms. The Morgan fingerprint density at radius 3 is 2.00 bits per heavy atom. The van der Waals surface area contributed by atoms with Crippen LogP contribution in [0.2, 0.25) is 0 Å². The molecular weight excluding hydrogens is 202 g/mol. The molecule has 16 heavy (non-hydrogen) atoms. The number of hydrogen-bond acceptors (Lipinski definition) is 3. The van der Waals surface area contributed by atoms with Gasteiger partial charge in [-0.25, -0.2) is 0 Å². The zero-order valence-corrected chi connectivity index (χ0v) is 11.3. The van der Waals surface area contributed by atoms with Crippen molar-refractivity contribution in [2.75, 3.05) is 13.2 Å². The fourth-order valence-corrected chi connectivity index (χ4v) is 2.07. The molecule has 0 aromatic rings. The lowest BCUT2D eigenvalue weighted by atomic mass is 9.88. The third-order valence-corrected chi connectivity index (χ3v) is 2.73. The maximum Gasteiger partial charge on any atom is 0.326 e. The van der Waals surface area contributed by atoms with Gasteiger partial charge in [-0.05, 0) is 32.7 Å². The lowest BCUT2D eigenvalue weighted by Gasteiger charge is -2.32. The van der Waals surface area contributed by atoms with E-state index >= 15 is 0 Å². The van der Waals surface area contributed by atoms with Crippen molar-refractivity contribution in [1.29, 1.82) is 0 Å². The smallest absolute Gasteiger partial charge is 0.326 e. The monoisotopic (exact) mass is 229 g/mol. The molecule has 0 heterocycles. The van der Waals surface area contributed by atoms with Gasteiger partial charge in [0.25, 0.3) is 0 Å². The summed E-state index contributed by atoms with van der Waals surface area (Å²) in [7, 11) is 0. The summed E-state index contributed by atoms with van der Waals surface area (Å²) in [5, 5.41) is 3.39. The minimum Gasteiger partial charge on any atom is -0.465 e. The van der Waals surface area contributed by atoms with E-state index in [1.165, 1.54) is 0 Å². The molecule has 0 aliphatic heterocycles. The summed E-state index contributed by atoms with van der Waals surface area (Å²) in [6.07, 6.45) is 4.75. The molecule has 0 aliphatic carbocycles. The maximum absolute atomic E-state index is 12.1. The largest absolute Gasteiger partial charge is 0.465 e. The highest BCUT2D eigenvalue weighted by atomic mass is 16.5. The van der Waals surface area contributed by atoms with Crippen LogP contribution in [-0.2, 0) is 9.53 Å². The first-order valence-electron chi connectivity index (χ1n) is 6.59. The van der Waals surface area contributed by atoms with Gasteiger partial charge in [-0.1, -0.05) is 33.6 Å². The highest BCUT2D eigenvalue weighted by Gasteiger charge is 2.37. The Morgan fingerprint density at radius 2 is 1.62 bits per heavy atom. The van der Waals surface area contributed by atoms with Crippen LogP contribution in [0.3, 0.4) is 0 Å². The maximum atomic E-state index is 12.1. The summed E-state index contributed by atoms with van der Waals surface area (Å²) in [4.78, 5) is 12.1. The van der Waals surface area contributed by atoms with E-state index < -0.39 is 5.54 Å². The van der Waals surface area contributed by atoms with Crippen molar-refractivity contribution in [3.63, 3.8) is 0 Å². The van der Waals surface area contributed by atoms with Gasteiger partial charge in [0.15, 0.2) is 0 Å². The first-order chi connectivity index (χ1) is 7.66. The average molecular weight is 229 g/mol. The first-order valence-corrected chi connectivity index (χ1v) is 6.59. The van der Waals surface area contributed by atoms with E-state index in [1.807, 2.05) is 6.92 Å². The third-order valence-electron chi connectivity index (χ3n) is 2.73. The predicted octanol–water partition coefficient (Wildman–Crippen LogP) is 2.89. The van der Waals surface area contributed by atoms with Crippen molar-refractivity contribution in [2.24, 2.45) is 0 Å². The van der Waals surface area contributed by atoms with Gasteiger partial charge < -0.3 is 10.1 Å². The van der Waals surface area contributed by atoms with E-state index in [1.54, 1.807) is 0 Å². The van der Waals surface area contributed by atoms with Crippen molar-refractivity contribution < 1.29 is 9.53 Å². The van der Waals surface area contributed by atoms with Crippen LogP contribution in [0.25, 0.3) is 0 Å². The molecule has 0 saturated heterocycles. The molecule has 0 aromatic carbocycles. The van der Waals surface area contributed by atoms with Gasteiger partial charge in [0.05, 0.1) is 6.61 Å². The first kappa shape index (κ1) is 15.4. The average Bonchev–Trinajstić information content (AvgIpc) is 2.27. The van der Waals surface area contributed by atoms with Crippen LogP contribution < -0.4 is 5.32 Å². The Hall–Kier alpha value is -0.570. The molecule has 0 radical (unpaired) electrons. The molecule has 3 heteroatoms. The summed E-state index contributed by atoms with van der Waals surface area (Å²) in [6.45, 7) is 9.52. The molecule has 0 aromatic heterocycles. The van der Waals surface area contributed by atoms with Crippen LogP contribution in [0.4, 0.5) is 0 Å². The number of nitrogens with one attached hydrogen (secondary N) is 1. The number of esters is 1. The molecule has 0 rings (SSSR count). The normalized spacial score (nSPS) is 11.5.